The zero-order chi connectivity index (χ0) is 14.4. The maximum absolute atomic E-state index is 12.1. The van der Waals surface area contributed by atoms with E-state index in [1.807, 2.05) is 6.92 Å². The van der Waals surface area contributed by atoms with Crippen LogP contribution in [0.1, 0.15) is 19.8 Å². The molecule has 1 aromatic carbocycles. The second-order valence-corrected chi connectivity index (χ2v) is 5.25. The topological polar surface area (TPSA) is 87.7 Å². The summed E-state index contributed by atoms with van der Waals surface area (Å²) in [5, 5.41) is 14.9. The summed E-state index contributed by atoms with van der Waals surface area (Å²) >= 11 is 9.15. The molecular formula is C12H15BrClN3O2. The van der Waals surface area contributed by atoms with Crippen molar-refractivity contribution in [1.29, 1.82) is 0 Å². The van der Waals surface area contributed by atoms with Gasteiger partial charge in [0.15, 0.2) is 5.84 Å². The fraction of sp³-hybridized carbons (Fsp3) is 0.333. The second-order valence-electron chi connectivity index (χ2n) is 3.98. The third-order valence-corrected chi connectivity index (χ3v) is 3.77. The van der Waals surface area contributed by atoms with Crippen molar-refractivity contribution in [3.8, 4) is 0 Å². The number of anilines is 1. The lowest BCUT2D eigenvalue weighted by atomic mass is 10.0. The number of hydrogen-bond acceptors (Lipinski definition) is 3. The number of nitrogens with one attached hydrogen (secondary N) is 1. The molecule has 0 spiro atoms. The van der Waals surface area contributed by atoms with Crippen molar-refractivity contribution in [1.82, 2.24) is 0 Å². The molecule has 0 aliphatic rings. The lowest BCUT2D eigenvalue weighted by Crippen LogP contribution is -2.34. The summed E-state index contributed by atoms with van der Waals surface area (Å²) in [6.45, 7) is 1.92. The van der Waals surface area contributed by atoms with Crippen LogP contribution < -0.4 is 11.1 Å². The van der Waals surface area contributed by atoms with Crippen LogP contribution in [0.4, 0.5) is 5.69 Å². The summed E-state index contributed by atoms with van der Waals surface area (Å²) in [4.78, 5) is 12.1. The normalized spacial score (nSPS) is 13.1. The van der Waals surface area contributed by atoms with Crippen LogP contribution in [0.2, 0.25) is 5.02 Å². The van der Waals surface area contributed by atoms with Crippen LogP contribution in [0.3, 0.4) is 0 Å². The van der Waals surface area contributed by atoms with E-state index in [0.29, 0.717) is 21.6 Å². The zero-order valence-corrected chi connectivity index (χ0v) is 12.7. The molecule has 19 heavy (non-hydrogen) atoms. The molecule has 0 saturated carbocycles. The Morgan fingerprint density at radius 1 is 1.63 bits per heavy atom. The van der Waals surface area contributed by atoms with Gasteiger partial charge in [0.2, 0.25) is 5.91 Å². The summed E-state index contributed by atoms with van der Waals surface area (Å²) < 4.78 is 0.683. The van der Waals surface area contributed by atoms with Crippen LogP contribution in [0.15, 0.2) is 27.8 Å². The van der Waals surface area contributed by atoms with E-state index in [0.717, 1.165) is 6.42 Å². The smallest absolute Gasteiger partial charge is 0.235 e. The third-order valence-electron chi connectivity index (χ3n) is 2.55. The number of halogens is 2. The molecule has 104 valence electrons. The van der Waals surface area contributed by atoms with E-state index in [2.05, 4.69) is 26.4 Å². The minimum absolute atomic E-state index is 0.0904. The predicted octanol–water partition coefficient (Wildman–Crippen LogP) is 3.20. The molecule has 1 unspecified atom stereocenters. The van der Waals surface area contributed by atoms with Gasteiger partial charge < -0.3 is 16.3 Å². The monoisotopic (exact) mass is 347 g/mol. The van der Waals surface area contributed by atoms with E-state index in [4.69, 9.17) is 22.5 Å². The van der Waals surface area contributed by atoms with E-state index in [1.165, 1.54) is 0 Å². The molecule has 1 aromatic rings. The standard InChI is InChI=1S/C12H15BrClN3O2/c1-2-3-8(11(15)17-19)12(18)16-7-4-5-10(14)9(13)6-7/h4-6,8,19H,2-3H2,1H3,(H2,15,17)(H,16,18). The van der Waals surface area contributed by atoms with Crippen molar-refractivity contribution >= 4 is 45.0 Å². The van der Waals surface area contributed by atoms with Crippen LogP contribution in [-0.4, -0.2) is 17.0 Å². The maximum atomic E-state index is 12.1. The van der Waals surface area contributed by atoms with Gasteiger partial charge in [-0.05, 0) is 40.5 Å². The number of carbonyl (C=O) groups excluding carboxylic acids is 1. The van der Waals surface area contributed by atoms with Crippen molar-refractivity contribution in [3.63, 3.8) is 0 Å². The van der Waals surface area contributed by atoms with Gasteiger partial charge >= 0.3 is 0 Å². The maximum Gasteiger partial charge on any atom is 0.235 e. The number of amidine groups is 1. The largest absolute Gasteiger partial charge is 0.409 e. The van der Waals surface area contributed by atoms with Crippen LogP contribution in [-0.2, 0) is 4.79 Å². The molecule has 1 amide bonds. The number of rotatable bonds is 5. The van der Waals surface area contributed by atoms with E-state index in [-0.39, 0.29) is 11.7 Å². The van der Waals surface area contributed by atoms with Gasteiger partial charge in [0.1, 0.15) is 0 Å². The molecule has 0 aliphatic carbocycles. The lowest BCUT2D eigenvalue weighted by Gasteiger charge is -2.14. The average Bonchev–Trinajstić information content (AvgIpc) is 2.39. The van der Waals surface area contributed by atoms with Crippen LogP contribution in [0, 0.1) is 5.92 Å². The van der Waals surface area contributed by atoms with Gasteiger partial charge in [-0.15, -0.1) is 0 Å². The fourth-order valence-electron chi connectivity index (χ4n) is 1.57. The number of nitrogens with two attached hydrogens (primary N) is 1. The van der Waals surface area contributed by atoms with Gasteiger partial charge in [-0.25, -0.2) is 0 Å². The first-order valence-corrected chi connectivity index (χ1v) is 6.90. The Morgan fingerprint density at radius 3 is 2.84 bits per heavy atom. The van der Waals surface area contributed by atoms with E-state index >= 15 is 0 Å². The van der Waals surface area contributed by atoms with E-state index in [9.17, 15) is 4.79 Å². The molecule has 0 aromatic heterocycles. The number of oxime groups is 1. The van der Waals surface area contributed by atoms with E-state index < -0.39 is 5.92 Å². The van der Waals surface area contributed by atoms with Crippen LogP contribution >= 0.6 is 27.5 Å². The fourth-order valence-corrected chi connectivity index (χ4v) is 2.07. The number of amides is 1. The summed E-state index contributed by atoms with van der Waals surface area (Å²) in [6, 6.07) is 5.04. The number of hydrogen-bond donors (Lipinski definition) is 3. The first kappa shape index (κ1) is 15.8. The first-order chi connectivity index (χ1) is 8.99. The molecule has 0 saturated heterocycles. The predicted molar refractivity (Wildman–Crippen MR) is 79.6 cm³/mol. The van der Waals surface area contributed by atoms with Crippen molar-refractivity contribution in [2.45, 2.75) is 19.8 Å². The molecular weight excluding hydrogens is 334 g/mol. The highest BCUT2D eigenvalue weighted by Gasteiger charge is 2.22. The quantitative estimate of drug-likeness (QED) is 0.330. The van der Waals surface area contributed by atoms with Crippen LogP contribution in [0.25, 0.3) is 0 Å². The highest BCUT2D eigenvalue weighted by atomic mass is 79.9. The highest BCUT2D eigenvalue weighted by Crippen LogP contribution is 2.26. The molecule has 4 N–H and O–H groups in total. The Hall–Kier alpha value is -1.27. The molecule has 5 nitrogen and oxygen atoms in total. The number of carbonyl (C=O) groups is 1. The minimum Gasteiger partial charge on any atom is -0.409 e. The molecule has 1 atom stereocenters. The average molecular weight is 349 g/mol. The number of benzene rings is 1. The second kappa shape index (κ2) is 7.35. The molecule has 0 radical (unpaired) electrons. The van der Waals surface area contributed by atoms with Crippen molar-refractivity contribution in [3.05, 3.63) is 27.7 Å². The Balaban J connectivity index is 2.84. The Morgan fingerprint density at radius 2 is 2.32 bits per heavy atom. The van der Waals surface area contributed by atoms with Gasteiger partial charge in [0, 0.05) is 10.2 Å². The Labute approximate surface area is 124 Å². The highest BCUT2D eigenvalue weighted by molar-refractivity contribution is 9.10. The van der Waals surface area contributed by atoms with Crippen LogP contribution in [0.5, 0.6) is 0 Å². The summed E-state index contributed by atoms with van der Waals surface area (Å²) in [5.74, 6) is -1.05. The van der Waals surface area contributed by atoms with Gasteiger partial charge in [-0.3, -0.25) is 4.79 Å². The summed E-state index contributed by atoms with van der Waals surface area (Å²) in [5.41, 5.74) is 6.11. The van der Waals surface area contributed by atoms with Crippen molar-refractivity contribution < 1.29 is 10.0 Å². The molecule has 7 heteroatoms. The van der Waals surface area contributed by atoms with Gasteiger partial charge in [0.25, 0.3) is 0 Å². The molecule has 0 aliphatic heterocycles. The van der Waals surface area contributed by atoms with E-state index in [1.54, 1.807) is 18.2 Å². The third kappa shape index (κ3) is 4.40. The Kier molecular flexibility index (Phi) is 6.11. The molecule has 0 bridgehead atoms. The Bertz CT molecular complexity index is 494. The number of nitrogens with zero attached hydrogens (tertiary/aromatic N) is 1. The zero-order valence-electron chi connectivity index (χ0n) is 10.4. The first-order valence-electron chi connectivity index (χ1n) is 5.73. The van der Waals surface area contributed by atoms with Gasteiger partial charge in [0.05, 0.1) is 10.9 Å². The SMILES string of the molecule is CCCC(C(=O)Nc1ccc(Cl)c(Br)c1)C(N)=NO. The van der Waals surface area contributed by atoms with Gasteiger partial charge in [-0.2, -0.15) is 0 Å². The lowest BCUT2D eigenvalue weighted by molar-refractivity contribution is -0.118. The van der Waals surface area contributed by atoms with Crippen molar-refractivity contribution in [2.24, 2.45) is 16.8 Å². The molecule has 0 heterocycles. The molecule has 1 rings (SSSR count). The minimum atomic E-state index is -0.649. The summed E-state index contributed by atoms with van der Waals surface area (Å²) in [6.07, 6.45) is 1.26. The van der Waals surface area contributed by atoms with Crippen molar-refractivity contribution in [2.75, 3.05) is 5.32 Å². The summed E-state index contributed by atoms with van der Waals surface area (Å²) in [7, 11) is 0. The molecule has 0 fully saturated rings. The van der Waals surface area contributed by atoms with Gasteiger partial charge in [-0.1, -0.05) is 30.1 Å².